The lowest BCUT2D eigenvalue weighted by atomic mass is 10.1. The number of aliphatic hydroxyl groups is 1. The molecule has 0 amide bonds. The molecule has 1 N–H and O–H groups in total. The second-order valence-electron chi connectivity index (χ2n) is 6.46. The van der Waals surface area contributed by atoms with Gasteiger partial charge in [0.1, 0.15) is 11.5 Å². The SMILES string of the molecule is ClC(c1ccccn1)[C@H]1CCCO1.OC(c1ccccn1)[C@H]1CCCO1. The summed E-state index contributed by atoms with van der Waals surface area (Å²) in [6.45, 7) is 1.59. The van der Waals surface area contributed by atoms with Gasteiger partial charge in [-0.1, -0.05) is 12.1 Å². The first-order valence-electron chi connectivity index (χ1n) is 9.13. The summed E-state index contributed by atoms with van der Waals surface area (Å²) in [5.74, 6) is 0. The molecule has 0 aromatic carbocycles. The van der Waals surface area contributed by atoms with Crippen molar-refractivity contribution >= 4 is 11.6 Å². The molecule has 0 bridgehead atoms. The molecule has 4 atom stereocenters. The number of nitrogens with zero attached hydrogens (tertiary/aromatic N) is 2. The molecular weight excluding hydrogens is 352 g/mol. The minimum Gasteiger partial charge on any atom is -0.384 e. The number of hydrogen-bond donors (Lipinski definition) is 1. The zero-order valence-electron chi connectivity index (χ0n) is 14.7. The van der Waals surface area contributed by atoms with Crippen molar-refractivity contribution in [2.45, 2.75) is 49.4 Å². The highest BCUT2D eigenvalue weighted by Crippen LogP contribution is 2.30. The average molecular weight is 377 g/mol. The summed E-state index contributed by atoms with van der Waals surface area (Å²) in [5.41, 5.74) is 1.62. The number of alkyl halides is 1. The molecule has 2 aliphatic rings. The molecule has 2 fully saturated rings. The fraction of sp³-hybridized carbons (Fsp3) is 0.500. The summed E-state index contributed by atoms with van der Waals surface area (Å²) in [6, 6.07) is 11.3. The van der Waals surface area contributed by atoms with Gasteiger partial charge in [0, 0.05) is 25.6 Å². The van der Waals surface area contributed by atoms with E-state index >= 15 is 0 Å². The lowest BCUT2D eigenvalue weighted by Crippen LogP contribution is -2.17. The molecule has 2 aromatic heterocycles. The smallest absolute Gasteiger partial charge is 0.122 e. The number of aromatic nitrogens is 2. The Kier molecular flexibility index (Phi) is 7.38. The lowest BCUT2D eigenvalue weighted by Gasteiger charge is -2.16. The van der Waals surface area contributed by atoms with Crippen LogP contribution in [0.5, 0.6) is 0 Å². The zero-order valence-corrected chi connectivity index (χ0v) is 15.5. The summed E-state index contributed by atoms with van der Waals surface area (Å²) >= 11 is 6.22. The summed E-state index contributed by atoms with van der Waals surface area (Å²) < 4.78 is 10.9. The second-order valence-corrected chi connectivity index (χ2v) is 6.93. The number of aliphatic hydroxyl groups excluding tert-OH is 1. The van der Waals surface area contributed by atoms with Gasteiger partial charge in [-0.3, -0.25) is 9.97 Å². The molecule has 2 aliphatic heterocycles. The van der Waals surface area contributed by atoms with Crippen LogP contribution in [-0.2, 0) is 9.47 Å². The van der Waals surface area contributed by atoms with Gasteiger partial charge in [-0.25, -0.2) is 0 Å². The van der Waals surface area contributed by atoms with Crippen LogP contribution < -0.4 is 0 Å². The van der Waals surface area contributed by atoms with E-state index in [1.165, 1.54) is 0 Å². The standard InChI is InChI=1S/C10H12ClNO.C10H13NO2/c11-10(9-5-3-7-13-9)8-4-1-2-6-12-8;12-10(9-5-3-7-13-9)8-4-1-2-6-11-8/h1-2,4,6,9-10H,3,5,7H2;1-2,4,6,9-10,12H,3,5,7H2/t2*9-,10?/m11/s1. The minimum atomic E-state index is -0.566. The fourth-order valence-corrected chi connectivity index (χ4v) is 3.48. The van der Waals surface area contributed by atoms with Gasteiger partial charge < -0.3 is 14.6 Å². The minimum absolute atomic E-state index is 0.0603. The predicted molar refractivity (Wildman–Crippen MR) is 100.0 cm³/mol. The molecule has 140 valence electrons. The predicted octanol–water partition coefficient (Wildman–Crippen LogP) is 3.83. The quantitative estimate of drug-likeness (QED) is 0.821. The van der Waals surface area contributed by atoms with Gasteiger partial charge in [-0.05, 0) is 49.9 Å². The second kappa shape index (κ2) is 9.97. The highest BCUT2D eigenvalue weighted by Gasteiger charge is 2.26. The molecule has 0 spiro atoms. The van der Waals surface area contributed by atoms with Crippen LogP contribution in [0.15, 0.2) is 48.8 Å². The molecule has 4 rings (SSSR count). The molecule has 4 heterocycles. The largest absolute Gasteiger partial charge is 0.384 e. The van der Waals surface area contributed by atoms with Crippen molar-refractivity contribution in [2.75, 3.05) is 13.2 Å². The van der Waals surface area contributed by atoms with E-state index in [9.17, 15) is 5.11 Å². The maximum atomic E-state index is 9.83. The number of ether oxygens (including phenoxy) is 2. The molecule has 26 heavy (non-hydrogen) atoms. The van der Waals surface area contributed by atoms with Crippen LogP contribution in [0.4, 0.5) is 0 Å². The van der Waals surface area contributed by atoms with Crippen LogP contribution in [0.3, 0.4) is 0 Å². The fourth-order valence-electron chi connectivity index (χ4n) is 3.16. The lowest BCUT2D eigenvalue weighted by molar-refractivity contribution is -0.00470. The van der Waals surface area contributed by atoms with Crippen LogP contribution in [-0.4, -0.2) is 40.5 Å². The third kappa shape index (κ3) is 5.24. The first-order valence-corrected chi connectivity index (χ1v) is 9.56. The summed E-state index contributed by atoms with van der Waals surface area (Å²) in [4.78, 5) is 8.30. The molecule has 2 unspecified atom stereocenters. The number of halogens is 1. The summed E-state index contributed by atoms with van der Waals surface area (Å²) in [6.07, 6.45) is 7.10. The topological polar surface area (TPSA) is 64.5 Å². The molecule has 2 saturated heterocycles. The van der Waals surface area contributed by atoms with Crippen molar-refractivity contribution in [3.63, 3.8) is 0 Å². The zero-order chi connectivity index (χ0) is 18.2. The van der Waals surface area contributed by atoms with E-state index in [0.717, 1.165) is 44.6 Å². The van der Waals surface area contributed by atoms with Crippen LogP contribution in [0.25, 0.3) is 0 Å². The van der Waals surface area contributed by atoms with Crippen LogP contribution in [0, 0.1) is 0 Å². The first kappa shape index (κ1) is 19.2. The van der Waals surface area contributed by atoms with Crippen molar-refractivity contribution < 1.29 is 14.6 Å². The summed E-state index contributed by atoms with van der Waals surface area (Å²) in [5, 5.41) is 9.74. The molecule has 6 heteroatoms. The molecule has 2 aromatic rings. The van der Waals surface area contributed by atoms with E-state index in [-0.39, 0.29) is 17.6 Å². The molecule has 0 saturated carbocycles. The van der Waals surface area contributed by atoms with Crippen molar-refractivity contribution in [3.8, 4) is 0 Å². The number of pyridine rings is 2. The maximum absolute atomic E-state index is 9.83. The first-order chi connectivity index (χ1) is 12.8. The van der Waals surface area contributed by atoms with Crippen molar-refractivity contribution in [1.82, 2.24) is 9.97 Å². The van der Waals surface area contributed by atoms with E-state index in [1.807, 2.05) is 36.4 Å². The summed E-state index contributed by atoms with van der Waals surface area (Å²) in [7, 11) is 0. The van der Waals surface area contributed by atoms with E-state index in [1.54, 1.807) is 12.4 Å². The van der Waals surface area contributed by atoms with Crippen LogP contribution >= 0.6 is 11.6 Å². The Morgan fingerprint density at radius 2 is 1.46 bits per heavy atom. The third-order valence-electron chi connectivity index (χ3n) is 4.57. The van der Waals surface area contributed by atoms with Crippen LogP contribution in [0.2, 0.25) is 0 Å². The van der Waals surface area contributed by atoms with E-state index in [2.05, 4.69) is 9.97 Å². The normalized spacial score (nSPS) is 24.5. The average Bonchev–Trinajstić information content (AvgIpc) is 3.43. The van der Waals surface area contributed by atoms with Crippen molar-refractivity contribution in [2.24, 2.45) is 0 Å². The molecular formula is C20H25ClN2O3. The van der Waals surface area contributed by atoms with Gasteiger partial charge in [0.2, 0.25) is 0 Å². The highest BCUT2D eigenvalue weighted by atomic mass is 35.5. The van der Waals surface area contributed by atoms with E-state index < -0.39 is 6.10 Å². The van der Waals surface area contributed by atoms with E-state index in [0.29, 0.717) is 5.69 Å². The van der Waals surface area contributed by atoms with E-state index in [4.69, 9.17) is 21.1 Å². The maximum Gasteiger partial charge on any atom is 0.122 e. The van der Waals surface area contributed by atoms with Gasteiger partial charge in [0.25, 0.3) is 0 Å². The van der Waals surface area contributed by atoms with Gasteiger partial charge in [0.15, 0.2) is 0 Å². The Hall–Kier alpha value is -1.53. The van der Waals surface area contributed by atoms with Crippen molar-refractivity contribution in [1.29, 1.82) is 0 Å². The Bertz CT molecular complexity index is 575. The molecule has 5 nitrogen and oxygen atoms in total. The Morgan fingerprint density at radius 1 is 0.885 bits per heavy atom. The van der Waals surface area contributed by atoms with Crippen LogP contribution in [0.1, 0.15) is 48.6 Å². The van der Waals surface area contributed by atoms with Gasteiger partial charge in [-0.15, -0.1) is 11.6 Å². The number of hydrogen-bond acceptors (Lipinski definition) is 5. The Labute approximate surface area is 159 Å². The number of rotatable bonds is 4. The van der Waals surface area contributed by atoms with Gasteiger partial charge >= 0.3 is 0 Å². The highest BCUT2D eigenvalue weighted by molar-refractivity contribution is 6.21. The van der Waals surface area contributed by atoms with Crippen molar-refractivity contribution in [3.05, 3.63) is 60.2 Å². The van der Waals surface area contributed by atoms with Gasteiger partial charge in [0.05, 0.1) is 23.6 Å². The van der Waals surface area contributed by atoms with Gasteiger partial charge in [-0.2, -0.15) is 0 Å². The third-order valence-corrected chi connectivity index (χ3v) is 5.07. The molecule has 0 aliphatic carbocycles. The monoisotopic (exact) mass is 376 g/mol. The Morgan fingerprint density at radius 3 is 1.96 bits per heavy atom. The Balaban J connectivity index is 0.000000151. The molecule has 0 radical (unpaired) electrons.